The molecule has 0 spiro atoms. The Balaban J connectivity index is 2.61. The zero-order valence-corrected chi connectivity index (χ0v) is 14.9. The molecule has 1 aromatic rings. The van der Waals surface area contributed by atoms with Crippen LogP contribution in [0.1, 0.15) is 27.7 Å². The molecule has 0 saturated heterocycles. The Bertz CT molecular complexity index is 397. The summed E-state index contributed by atoms with van der Waals surface area (Å²) in [6, 6.07) is 12.5. The minimum absolute atomic E-state index is 0.865. The summed E-state index contributed by atoms with van der Waals surface area (Å²) in [5.41, 5.74) is 1.73. The van der Waals surface area contributed by atoms with Crippen LogP contribution in [0, 0.1) is 0 Å². The van der Waals surface area contributed by atoms with Gasteiger partial charge in [0.05, 0.1) is 16.1 Å². The largest absolute Gasteiger partial charge is 0.0857 e. The molecule has 18 heavy (non-hydrogen) atoms. The van der Waals surface area contributed by atoms with Gasteiger partial charge in [-0.15, -0.1) is 0 Å². The molecule has 0 N–H and O–H groups in total. The topological polar surface area (TPSA) is 0 Å². The summed E-state index contributed by atoms with van der Waals surface area (Å²) in [4.78, 5) is 0. The third-order valence-electron chi connectivity index (χ3n) is 5.87. The summed E-state index contributed by atoms with van der Waals surface area (Å²) < 4.78 is 0. The Hall–Kier alpha value is -0.346. The predicted molar refractivity (Wildman–Crippen MR) is 88.8 cm³/mol. The first-order valence-electron chi connectivity index (χ1n) is 7.42. The first-order valence-corrected chi connectivity index (χ1v) is 13.0. The van der Waals surface area contributed by atoms with Crippen LogP contribution >= 0.6 is 0 Å². The zero-order valence-electron chi connectivity index (χ0n) is 12.9. The second-order valence-corrected chi connectivity index (χ2v) is 17.2. The van der Waals surface area contributed by atoms with Crippen LogP contribution in [-0.4, -0.2) is 16.1 Å². The molecule has 0 aromatic heterocycles. The molecule has 2 atom stereocenters. The van der Waals surface area contributed by atoms with Gasteiger partial charge >= 0.3 is 0 Å². The molecule has 2 heteroatoms. The number of benzene rings is 1. The Kier molecular flexibility index (Phi) is 3.63. The van der Waals surface area contributed by atoms with Crippen LogP contribution in [0.5, 0.6) is 0 Å². The monoisotopic (exact) mass is 276 g/mol. The van der Waals surface area contributed by atoms with Crippen molar-refractivity contribution in [3.8, 4) is 0 Å². The number of hydrogen-bond donors (Lipinski definition) is 0. The summed E-state index contributed by atoms with van der Waals surface area (Å²) >= 11 is 0. The van der Waals surface area contributed by atoms with Gasteiger partial charge in [0.1, 0.15) is 0 Å². The van der Waals surface area contributed by atoms with Gasteiger partial charge in [-0.05, 0) is 11.1 Å². The molecule has 0 saturated carbocycles. The van der Waals surface area contributed by atoms with Crippen molar-refractivity contribution in [3.05, 3.63) is 24.3 Å². The van der Waals surface area contributed by atoms with Gasteiger partial charge in [-0.3, -0.25) is 0 Å². The fraction of sp³-hybridized carbons (Fsp3) is 0.625. The van der Waals surface area contributed by atoms with E-state index in [9.17, 15) is 0 Å². The minimum atomic E-state index is -1.23. The predicted octanol–water partition coefficient (Wildman–Crippen LogP) is 4.09. The first-order chi connectivity index (χ1) is 8.32. The van der Waals surface area contributed by atoms with E-state index in [1.54, 1.807) is 10.4 Å². The van der Waals surface area contributed by atoms with Crippen molar-refractivity contribution in [1.29, 1.82) is 0 Å². The van der Waals surface area contributed by atoms with E-state index in [0.29, 0.717) is 0 Å². The molecule has 0 radical (unpaired) electrons. The third kappa shape index (κ3) is 1.94. The van der Waals surface area contributed by atoms with Gasteiger partial charge in [0, 0.05) is 0 Å². The standard InChI is InChI=1S/C16H28Si2/c1-13(2)17(5)11-12-18(6,14(3)4)16-10-8-7-9-15(16)17/h7-10,13-14H,11-12H2,1-6H3/t17-,18-/m0/s1. The second-order valence-electron chi connectivity index (χ2n) is 7.19. The molecule has 1 aliphatic rings. The Morgan fingerprint density at radius 2 is 1.11 bits per heavy atom. The van der Waals surface area contributed by atoms with Gasteiger partial charge in [0.2, 0.25) is 0 Å². The number of rotatable bonds is 2. The van der Waals surface area contributed by atoms with Crippen LogP contribution in [0.25, 0.3) is 0 Å². The lowest BCUT2D eigenvalue weighted by Gasteiger charge is -2.47. The normalized spacial score (nSPS) is 31.8. The Labute approximate surface area is 115 Å². The van der Waals surface area contributed by atoms with E-state index in [1.807, 2.05) is 0 Å². The summed E-state index contributed by atoms with van der Waals surface area (Å²) in [7, 11) is -2.47. The molecule has 1 aromatic carbocycles. The molecule has 0 aliphatic carbocycles. The first kappa shape index (κ1) is 14.1. The fourth-order valence-electron chi connectivity index (χ4n) is 3.47. The van der Waals surface area contributed by atoms with Crippen LogP contribution < -0.4 is 10.4 Å². The highest BCUT2D eigenvalue weighted by Crippen LogP contribution is 2.37. The average Bonchev–Trinajstić information content (AvgIpc) is 2.34. The average molecular weight is 277 g/mol. The maximum Gasteiger partial charge on any atom is 0.0857 e. The summed E-state index contributed by atoms with van der Waals surface area (Å²) in [6.07, 6.45) is 0. The number of fused-ring (bicyclic) bond motifs is 1. The maximum atomic E-state index is 2.62. The molecular formula is C16H28Si2. The lowest BCUT2D eigenvalue weighted by Crippen LogP contribution is -2.67. The molecule has 0 bridgehead atoms. The van der Waals surface area contributed by atoms with Crippen molar-refractivity contribution in [2.45, 2.75) is 64.0 Å². The molecule has 1 heterocycles. The SMILES string of the molecule is CC(C)[Si@]1(C)CC[Si@@](C)(C(C)C)c2ccccc21. The Morgan fingerprint density at radius 3 is 1.39 bits per heavy atom. The van der Waals surface area contributed by atoms with Gasteiger partial charge in [-0.2, -0.15) is 0 Å². The lowest BCUT2D eigenvalue weighted by atomic mass is 10.4. The van der Waals surface area contributed by atoms with Gasteiger partial charge in [0.15, 0.2) is 0 Å². The summed E-state index contributed by atoms with van der Waals surface area (Å²) in [5.74, 6) is 0. The van der Waals surface area contributed by atoms with Crippen LogP contribution in [-0.2, 0) is 0 Å². The Morgan fingerprint density at radius 1 is 0.778 bits per heavy atom. The maximum absolute atomic E-state index is 2.62. The third-order valence-corrected chi connectivity index (χ3v) is 17.6. The summed E-state index contributed by atoms with van der Waals surface area (Å²) in [5, 5.41) is 3.60. The van der Waals surface area contributed by atoms with Crippen molar-refractivity contribution in [1.82, 2.24) is 0 Å². The smallest absolute Gasteiger partial charge is 0.0651 e. The van der Waals surface area contributed by atoms with Crippen molar-refractivity contribution in [2.24, 2.45) is 0 Å². The molecular weight excluding hydrogens is 248 g/mol. The van der Waals surface area contributed by atoms with E-state index in [1.165, 1.54) is 12.1 Å². The van der Waals surface area contributed by atoms with E-state index in [0.717, 1.165) is 11.1 Å². The zero-order chi connectivity index (χ0) is 13.6. The van der Waals surface area contributed by atoms with E-state index in [-0.39, 0.29) is 0 Å². The quantitative estimate of drug-likeness (QED) is 0.714. The van der Waals surface area contributed by atoms with Gasteiger partial charge in [-0.25, -0.2) is 0 Å². The molecule has 100 valence electrons. The van der Waals surface area contributed by atoms with E-state index < -0.39 is 16.1 Å². The molecule has 0 amide bonds. The lowest BCUT2D eigenvalue weighted by molar-refractivity contribution is 0.964. The molecule has 0 unspecified atom stereocenters. The van der Waals surface area contributed by atoms with Gasteiger partial charge < -0.3 is 0 Å². The molecule has 0 nitrogen and oxygen atoms in total. The van der Waals surface area contributed by atoms with E-state index >= 15 is 0 Å². The van der Waals surface area contributed by atoms with Crippen molar-refractivity contribution < 1.29 is 0 Å². The summed E-state index contributed by atoms with van der Waals surface area (Å²) in [6.45, 7) is 15.0. The van der Waals surface area contributed by atoms with Crippen molar-refractivity contribution in [3.63, 3.8) is 0 Å². The molecule has 2 rings (SSSR count). The highest BCUT2D eigenvalue weighted by atomic mass is 28.3. The van der Waals surface area contributed by atoms with E-state index in [2.05, 4.69) is 65.1 Å². The highest BCUT2D eigenvalue weighted by molar-refractivity contribution is 7.05. The van der Waals surface area contributed by atoms with Crippen molar-refractivity contribution >= 4 is 26.5 Å². The fourth-order valence-corrected chi connectivity index (χ4v) is 14.6. The van der Waals surface area contributed by atoms with Gasteiger partial charge in [-0.1, -0.05) is 87.5 Å². The van der Waals surface area contributed by atoms with Crippen molar-refractivity contribution in [2.75, 3.05) is 0 Å². The minimum Gasteiger partial charge on any atom is -0.0651 e. The number of hydrogen-bond acceptors (Lipinski definition) is 0. The molecule has 0 fully saturated rings. The van der Waals surface area contributed by atoms with Crippen LogP contribution in [0.2, 0.25) is 36.3 Å². The molecule has 1 aliphatic heterocycles. The van der Waals surface area contributed by atoms with Crippen LogP contribution in [0.15, 0.2) is 24.3 Å². The highest BCUT2D eigenvalue weighted by Gasteiger charge is 2.46. The van der Waals surface area contributed by atoms with Crippen LogP contribution in [0.4, 0.5) is 0 Å². The van der Waals surface area contributed by atoms with Crippen LogP contribution in [0.3, 0.4) is 0 Å². The van der Waals surface area contributed by atoms with E-state index in [4.69, 9.17) is 0 Å². The van der Waals surface area contributed by atoms with Gasteiger partial charge in [0.25, 0.3) is 0 Å². The second kappa shape index (κ2) is 4.64.